The first-order chi connectivity index (χ1) is 10.4. The molecule has 4 nitrogen and oxygen atoms in total. The molecule has 0 aromatic heterocycles. The Morgan fingerprint density at radius 2 is 1.91 bits per heavy atom. The molecule has 0 bridgehead atoms. The lowest BCUT2D eigenvalue weighted by Crippen LogP contribution is -2.49. The minimum Gasteiger partial charge on any atom is -0.466 e. The average molecular weight is 311 g/mol. The maximum Gasteiger partial charge on any atom is 0.313 e. The Hall–Kier alpha value is -1.98. The van der Waals surface area contributed by atoms with Gasteiger partial charge in [0.2, 0.25) is 0 Å². The van der Waals surface area contributed by atoms with E-state index in [1.807, 2.05) is 0 Å². The van der Waals surface area contributed by atoms with Gasteiger partial charge in [-0.1, -0.05) is 0 Å². The molecule has 1 fully saturated rings. The Kier molecular flexibility index (Phi) is 4.78. The van der Waals surface area contributed by atoms with Gasteiger partial charge in [0.15, 0.2) is 0 Å². The molecule has 120 valence electrons. The van der Waals surface area contributed by atoms with Crippen LogP contribution in [0.1, 0.15) is 37.0 Å². The standard InChI is InChI=1S/C16H19F2NO3/c1-3-22-15(21)16(2)5-4-6-19(10-16)14(20)11-7-12(17)9-13(18)8-11/h7-9H,3-6,10H2,1-2H3. The van der Waals surface area contributed by atoms with E-state index in [1.54, 1.807) is 13.8 Å². The third-order valence-corrected chi connectivity index (χ3v) is 3.86. The first-order valence-corrected chi connectivity index (χ1v) is 7.28. The number of likely N-dealkylation sites (tertiary alicyclic amines) is 1. The number of benzene rings is 1. The van der Waals surface area contributed by atoms with Crippen molar-refractivity contribution in [3.05, 3.63) is 35.4 Å². The summed E-state index contributed by atoms with van der Waals surface area (Å²) in [6, 6.07) is 2.72. The van der Waals surface area contributed by atoms with E-state index in [0.717, 1.165) is 18.2 Å². The van der Waals surface area contributed by atoms with Gasteiger partial charge in [0.1, 0.15) is 11.6 Å². The average Bonchev–Trinajstić information content (AvgIpc) is 2.45. The molecule has 0 radical (unpaired) electrons. The number of esters is 1. The number of hydrogen-bond donors (Lipinski definition) is 0. The van der Waals surface area contributed by atoms with Crippen LogP contribution < -0.4 is 0 Å². The van der Waals surface area contributed by atoms with E-state index < -0.39 is 23.0 Å². The molecular formula is C16H19F2NO3. The van der Waals surface area contributed by atoms with Crippen molar-refractivity contribution in [2.45, 2.75) is 26.7 Å². The summed E-state index contributed by atoms with van der Waals surface area (Å²) in [7, 11) is 0. The number of hydrogen-bond acceptors (Lipinski definition) is 3. The van der Waals surface area contributed by atoms with Crippen LogP contribution in [0.5, 0.6) is 0 Å². The molecule has 1 aliphatic rings. The maximum atomic E-state index is 13.3. The summed E-state index contributed by atoms with van der Waals surface area (Å²) < 4.78 is 31.6. The molecule has 0 saturated carbocycles. The topological polar surface area (TPSA) is 46.6 Å². The van der Waals surface area contributed by atoms with Gasteiger partial charge in [0, 0.05) is 24.7 Å². The zero-order chi connectivity index (χ0) is 16.3. The zero-order valence-corrected chi connectivity index (χ0v) is 12.7. The third-order valence-electron chi connectivity index (χ3n) is 3.86. The Labute approximate surface area is 128 Å². The van der Waals surface area contributed by atoms with E-state index in [4.69, 9.17) is 4.74 Å². The minimum atomic E-state index is -0.798. The number of ether oxygens (including phenoxy) is 1. The highest BCUT2D eigenvalue weighted by molar-refractivity contribution is 5.94. The van der Waals surface area contributed by atoms with Gasteiger partial charge in [-0.3, -0.25) is 9.59 Å². The van der Waals surface area contributed by atoms with Crippen LogP contribution in [0, 0.1) is 17.0 Å². The Bertz CT molecular complexity index is 571. The van der Waals surface area contributed by atoms with Crippen LogP contribution >= 0.6 is 0 Å². The zero-order valence-electron chi connectivity index (χ0n) is 12.7. The fourth-order valence-corrected chi connectivity index (χ4v) is 2.74. The summed E-state index contributed by atoms with van der Waals surface area (Å²) in [5, 5.41) is 0. The van der Waals surface area contributed by atoms with Crippen molar-refractivity contribution in [2.24, 2.45) is 5.41 Å². The molecule has 0 N–H and O–H groups in total. The van der Waals surface area contributed by atoms with E-state index in [-0.39, 0.29) is 24.7 Å². The number of piperidine rings is 1. The Morgan fingerprint density at radius 1 is 1.27 bits per heavy atom. The smallest absolute Gasteiger partial charge is 0.313 e. The second-order valence-corrected chi connectivity index (χ2v) is 5.77. The van der Waals surface area contributed by atoms with Gasteiger partial charge >= 0.3 is 5.97 Å². The van der Waals surface area contributed by atoms with Gasteiger partial charge in [-0.05, 0) is 38.8 Å². The van der Waals surface area contributed by atoms with Gasteiger partial charge < -0.3 is 9.64 Å². The number of carbonyl (C=O) groups excluding carboxylic acids is 2. The van der Waals surface area contributed by atoms with Crippen LogP contribution in [0.3, 0.4) is 0 Å². The first kappa shape index (κ1) is 16.4. The molecule has 22 heavy (non-hydrogen) atoms. The summed E-state index contributed by atoms with van der Waals surface area (Å²) in [6.07, 6.45) is 1.26. The summed E-state index contributed by atoms with van der Waals surface area (Å²) in [5.74, 6) is -2.42. The van der Waals surface area contributed by atoms with Crippen molar-refractivity contribution in [2.75, 3.05) is 19.7 Å². The molecular weight excluding hydrogens is 292 g/mol. The van der Waals surface area contributed by atoms with E-state index in [0.29, 0.717) is 19.4 Å². The van der Waals surface area contributed by atoms with E-state index >= 15 is 0 Å². The highest BCUT2D eigenvalue weighted by atomic mass is 19.1. The van der Waals surface area contributed by atoms with Crippen LogP contribution in [0.4, 0.5) is 8.78 Å². The quantitative estimate of drug-likeness (QED) is 0.806. The van der Waals surface area contributed by atoms with Crippen LogP contribution in [0.2, 0.25) is 0 Å². The fraction of sp³-hybridized carbons (Fsp3) is 0.500. The summed E-state index contributed by atoms with van der Waals surface area (Å²) in [4.78, 5) is 25.9. The van der Waals surface area contributed by atoms with E-state index in [1.165, 1.54) is 4.90 Å². The summed E-state index contributed by atoms with van der Waals surface area (Å²) >= 11 is 0. The van der Waals surface area contributed by atoms with E-state index in [2.05, 4.69) is 0 Å². The highest BCUT2D eigenvalue weighted by Gasteiger charge is 2.40. The Morgan fingerprint density at radius 3 is 2.50 bits per heavy atom. The lowest BCUT2D eigenvalue weighted by atomic mass is 9.81. The third kappa shape index (κ3) is 3.43. The molecule has 6 heteroatoms. The largest absolute Gasteiger partial charge is 0.466 e. The van der Waals surface area contributed by atoms with Gasteiger partial charge in [-0.25, -0.2) is 8.78 Å². The molecule has 1 unspecified atom stereocenters. The van der Waals surface area contributed by atoms with Crippen molar-refractivity contribution in [1.82, 2.24) is 4.90 Å². The van der Waals surface area contributed by atoms with Crippen LogP contribution in [-0.4, -0.2) is 36.5 Å². The van der Waals surface area contributed by atoms with Crippen molar-refractivity contribution in [1.29, 1.82) is 0 Å². The SMILES string of the molecule is CCOC(=O)C1(C)CCCN(C(=O)c2cc(F)cc(F)c2)C1. The Balaban J connectivity index is 2.18. The second kappa shape index (κ2) is 6.42. The van der Waals surface area contributed by atoms with Crippen LogP contribution in [0.25, 0.3) is 0 Å². The summed E-state index contributed by atoms with van der Waals surface area (Å²) in [6.45, 7) is 4.38. The molecule has 0 aliphatic carbocycles. The first-order valence-electron chi connectivity index (χ1n) is 7.28. The number of rotatable bonds is 3. The van der Waals surface area contributed by atoms with Crippen LogP contribution in [0.15, 0.2) is 18.2 Å². The number of nitrogens with zero attached hydrogens (tertiary/aromatic N) is 1. The van der Waals surface area contributed by atoms with Gasteiger partial charge in [-0.2, -0.15) is 0 Å². The molecule has 1 aromatic rings. The van der Waals surface area contributed by atoms with Gasteiger partial charge in [0.05, 0.1) is 12.0 Å². The summed E-state index contributed by atoms with van der Waals surface area (Å²) in [5.41, 5.74) is -0.832. The molecule has 2 rings (SSSR count). The van der Waals surface area contributed by atoms with Crippen molar-refractivity contribution < 1.29 is 23.1 Å². The molecule has 1 saturated heterocycles. The van der Waals surface area contributed by atoms with Crippen molar-refractivity contribution in [3.8, 4) is 0 Å². The lowest BCUT2D eigenvalue weighted by molar-refractivity contribution is -0.157. The molecule has 1 atom stereocenters. The van der Waals surface area contributed by atoms with Gasteiger partial charge in [-0.15, -0.1) is 0 Å². The van der Waals surface area contributed by atoms with Crippen molar-refractivity contribution >= 4 is 11.9 Å². The molecule has 1 aliphatic heterocycles. The van der Waals surface area contributed by atoms with Crippen LogP contribution in [-0.2, 0) is 9.53 Å². The lowest BCUT2D eigenvalue weighted by Gasteiger charge is -2.38. The molecule has 1 aromatic carbocycles. The van der Waals surface area contributed by atoms with Gasteiger partial charge in [0.25, 0.3) is 5.91 Å². The maximum absolute atomic E-state index is 13.3. The number of amides is 1. The number of halogens is 2. The molecule has 0 spiro atoms. The second-order valence-electron chi connectivity index (χ2n) is 5.77. The molecule has 1 amide bonds. The monoisotopic (exact) mass is 311 g/mol. The normalized spacial score (nSPS) is 21.5. The van der Waals surface area contributed by atoms with E-state index in [9.17, 15) is 18.4 Å². The predicted octanol–water partition coefficient (Wildman–Crippen LogP) is 2.77. The number of carbonyl (C=O) groups is 2. The fourth-order valence-electron chi connectivity index (χ4n) is 2.74. The predicted molar refractivity (Wildman–Crippen MR) is 76.2 cm³/mol. The highest BCUT2D eigenvalue weighted by Crippen LogP contribution is 2.31. The minimum absolute atomic E-state index is 0.0504. The molecule has 1 heterocycles. The van der Waals surface area contributed by atoms with Crippen molar-refractivity contribution in [3.63, 3.8) is 0 Å².